The summed E-state index contributed by atoms with van der Waals surface area (Å²) in [5, 5.41) is 0.457. The van der Waals surface area contributed by atoms with Crippen LogP contribution in [0.1, 0.15) is 16.9 Å². The van der Waals surface area contributed by atoms with Crippen LogP contribution in [0.4, 0.5) is 5.69 Å². The first-order valence-electron chi connectivity index (χ1n) is 9.18. The zero-order valence-corrected chi connectivity index (χ0v) is 17.9. The monoisotopic (exact) mass is 439 g/mol. The van der Waals surface area contributed by atoms with Crippen molar-refractivity contribution in [3.63, 3.8) is 0 Å². The molecule has 4 rings (SSSR count). The van der Waals surface area contributed by atoms with E-state index in [0.29, 0.717) is 38.3 Å². The molecule has 0 unspecified atom stereocenters. The van der Waals surface area contributed by atoms with Gasteiger partial charge in [0.05, 0.1) is 35.3 Å². The molecule has 3 aromatic rings. The molecule has 0 radical (unpaired) electrons. The number of hydrogen-bond donors (Lipinski definition) is 0. The van der Waals surface area contributed by atoms with Gasteiger partial charge in [0.1, 0.15) is 11.5 Å². The van der Waals surface area contributed by atoms with Gasteiger partial charge >= 0.3 is 0 Å². The zero-order valence-electron chi connectivity index (χ0n) is 16.3. The van der Waals surface area contributed by atoms with Crippen molar-refractivity contribution in [2.75, 3.05) is 12.0 Å². The smallest absolute Gasteiger partial charge is 0.272 e. The molecule has 0 saturated carbocycles. The highest BCUT2D eigenvalue weighted by Crippen LogP contribution is 2.41. The van der Waals surface area contributed by atoms with Crippen molar-refractivity contribution in [1.29, 1.82) is 0 Å². The molecule has 7 heteroatoms. The molecule has 0 aliphatic carbocycles. The van der Waals surface area contributed by atoms with Gasteiger partial charge in [0, 0.05) is 5.02 Å². The number of methoxy groups -OCH3 is 1. The molecule has 1 aromatic heterocycles. The van der Waals surface area contributed by atoms with Crippen molar-refractivity contribution in [2.45, 2.75) is 12.7 Å². The second kappa shape index (κ2) is 8.42. The van der Waals surface area contributed by atoms with Crippen LogP contribution in [0.25, 0.3) is 5.57 Å². The minimum Gasteiger partial charge on any atom is -0.497 e. The molecule has 0 bridgehead atoms. The zero-order chi connectivity index (χ0) is 21.3. The maximum absolute atomic E-state index is 13.4. The number of carbonyl (C=O) groups is 2. The molecule has 5 nitrogen and oxygen atoms in total. The van der Waals surface area contributed by atoms with E-state index in [1.165, 1.54) is 16.7 Å². The molecular formula is C23H18ClNO4S. The van der Waals surface area contributed by atoms with Crippen LogP contribution >= 0.6 is 23.4 Å². The lowest BCUT2D eigenvalue weighted by Gasteiger charge is -2.18. The molecule has 0 saturated heterocycles. The normalized spacial score (nSPS) is 14.0. The van der Waals surface area contributed by atoms with Crippen molar-refractivity contribution in [2.24, 2.45) is 0 Å². The van der Waals surface area contributed by atoms with E-state index in [4.69, 9.17) is 20.8 Å². The van der Waals surface area contributed by atoms with Crippen LogP contribution in [0.3, 0.4) is 0 Å². The van der Waals surface area contributed by atoms with E-state index in [0.717, 1.165) is 11.3 Å². The van der Waals surface area contributed by atoms with Crippen LogP contribution in [-0.4, -0.2) is 18.9 Å². The third-order valence-corrected chi connectivity index (χ3v) is 6.10. The Morgan fingerprint density at radius 2 is 1.83 bits per heavy atom. The molecule has 2 heterocycles. The summed E-state index contributed by atoms with van der Waals surface area (Å²) < 4.78 is 10.6. The Morgan fingerprint density at radius 1 is 1.07 bits per heavy atom. The fourth-order valence-corrected chi connectivity index (χ4v) is 4.42. The SMILES string of the molecule is COc1ccc(C2=C(SCc3ccco3)C(=O)N(c3cc(Cl)ccc3C)C2=O)cc1. The van der Waals surface area contributed by atoms with Gasteiger partial charge in [-0.05, 0) is 54.4 Å². The van der Waals surface area contributed by atoms with Crippen molar-refractivity contribution >= 4 is 46.4 Å². The first kappa shape index (κ1) is 20.3. The number of ether oxygens (including phenoxy) is 1. The van der Waals surface area contributed by atoms with Crippen LogP contribution in [0.15, 0.2) is 70.2 Å². The number of furan rings is 1. The number of imide groups is 1. The number of nitrogens with zero attached hydrogens (tertiary/aromatic N) is 1. The number of thioether (sulfide) groups is 1. The van der Waals surface area contributed by atoms with E-state index >= 15 is 0 Å². The second-order valence-electron chi connectivity index (χ2n) is 6.68. The highest BCUT2D eigenvalue weighted by molar-refractivity contribution is 8.03. The molecule has 152 valence electrons. The number of aryl methyl sites for hydroxylation is 1. The van der Waals surface area contributed by atoms with E-state index < -0.39 is 0 Å². The lowest BCUT2D eigenvalue weighted by molar-refractivity contribution is -0.119. The van der Waals surface area contributed by atoms with E-state index in [1.807, 2.05) is 13.0 Å². The summed E-state index contributed by atoms with van der Waals surface area (Å²) in [5.41, 5.74) is 2.28. The number of halogens is 1. The molecule has 0 spiro atoms. The molecular weight excluding hydrogens is 422 g/mol. The maximum atomic E-state index is 13.4. The Morgan fingerprint density at radius 3 is 2.50 bits per heavy atom. The largest absolute Gasteiger partial charge is 0.497 e. The third-order valence-electron chi connectivity index (χ3n) is 4.77. The lowest BCUT2D eigenvalue weighted by Crippen LogP contribution is -2.32. The third kappa shape index (κ3) is 3.76. The molecule has 2 amide bonds. The van der Waals surface area contributed by atoms with Crippen molar-refractivity contribution in [3.8, 4) is 5.75 Å². The quantitative estimate of drug-likeness (QED) is 0.477. The standard InChI is InChI=1S/C23H18ClNO4S/c1-14-5-8-16(24)12-19(14)25-22(26)20(15-6-9-17(28-2)10-7-15)21(23(25)27)30-13-18-4-3-11-29-18/h3-12H,13H2,1-2H3. The van der Waals surface area contributed by atoms with Gasteiger partial charge in [-0.15, -0.1) is 11.8 Å². The van der Waals surface area contributed by atoms with Gasteiger partial charge in [0.25, 0.3) is 11.8 Å². The molecule has 0 atom stereocenters. The number of hydrogen-bond acceptors (Lipinski definition) is 5. The van der Waals surface area contributed by atoms with Gasteiger partial charge in [-0.25, -0.2) is 4.90 Å². The van der Waals surface area contributed by atoms with Crippen LogP contribution < -0.4 is 9.64 Å². The molecule has 0 fully saturated rings. The van der Waals surface area contributed by atoms with E-state index in [1.54, 1.807) is 61.9 Å². The second-order valence-corrected chi connectivity index (χ2v) is 8.10. The Bertz CT molecular complexity index is 1140. The Hall–Kier alpha value is -2.96. The molecule has 0 N–H and O–H groups in total. The average molecular weight is 440 g/mol. The Kier molecular flexibility index (Phi) is 5.70. The van der Waals surface area contributed by atoms with E-state index in [2.05, 4.69) is 0 Å². The fraction of sp³-hybridized carbons (Fsp3) is 0.130. The Balaban J connectivity index is 1.77. The van der Waals surface area contributed by atoms with Crippen molar-refractivity contribution < 1.29 is 18.7 Å². The van der Waals surface area contributed by atoms with Gasteiger partial charge in [-0.3, -0.25) is 9.59 Å². The summed E-state index contributed by atoms with van der Waals surface area (Å²) in [7, 11) is 1.58. The Labute approximate surface area is 183 Å². The summed E-state index contributed by atoms with van der Waals surface area (Å²) >= 11 is 7.43. The summed E-state index contributed by atoms with van der Waals surface area (Å²) in [6, 6.07) is 15.9. The first-order valence-corrected chi connectivity index (χ1v) is 10.5. The van der Waals surface area contributed by atoms with Gasteiger partial charge in [-0.2, -0.15) is 0 Å². The van der Waals surface area contributed by atoms with Gasteiger partial charge in [0.2, 0.25) is 0 Å². The number of anilines is 1. The number of carbonyl (C=O) groups excluding carboxylic acids is 2. The summed E-state index contributed by atoms with van der Waals surface area (Å²) in [6.07, 6.45) is 1.58. The van der Waals surface area contributed by atoms with Crippen molar-refractivity contribution in [3.05, 3.63) is 87.7 Å². The molecule has 1 aliphatic heterocycles. The van der Waals surface area contributed by atoms with Crippen LogP contribution in [0.5, 0.6) is 5.75 Å². The fourth-order valence-electron chi connectivity index (χ4n) is 3.24. The minimum atomic E-state index is -0.377. The molecule has 1 aliphatic rings. The highest BCUT2D eigenvalue weighted by atomic mass is 35.5. The number of amides is 2. The summed E-state index contributed by atoms with van der Waals surface area (Å²) in [5.74, 6) is 1.08. The summed E-state index contributed by atoms with van der Waals surface area (Å²) in [6.45, 7) is 1.84. The molecule has 30 heavy (non-hydrogen) atoms. The topological polar surface area (TPSA) is 59.8 Å². The highest BCUT2D eigenvalue weighted by Gasteiger charge is 2.40. The lowest BCUT2D eigenvalue weighted by atomic mass is 10.1. The van der Waals surface area contributed by atoms with Gasteiger partial charge < -0.3 is 9.15 Å². The predicted octanol–water partition coefficient (Wildman–Crippen LogP) is 5.47. The number of benzene rings is 2. The average Bonchev–Trinajstić information content (AvgIpc) is 3.35. The van der Waals surface area contributed by atoms with Gasteiger partial charge in [-0.1, -0.05) is 29.8 Å². The minimum absolute atomic E-state index is 0.360. The van der Waals surface area contributed by atoms with E-state index in [9.17, 15) is 9.59 Å². The van der Waals surface area contributed by atoms with E-state index in [-0.39, 0.29) is 11.8 Å². The molecule has 2 aromatic carbocycles. The first-order chi connectivity index (χ1) is 14.5. The summed E-state index contributed by atoms with van der Waals surface area (Å²) in [4.78, 5) is 28.4. The van der Waals surface area contributed by atoms with Crippen LogP contribution in [0.2, 0.25) is 5.02 Å². The maximum Gasteiger partial charge on any atom is 0.272 e. The van der Waals surface area contributed by atoms with Crippen LogP contribution in [-0.2, 0) is 15.3 Å². The predicted molar refractivity (Wildman–Crippen MR) is 119 cm³/mol. The van der Waals surface area contributed by atoms with Gasteiger partial charge in [0.15, 0.2) is 0 Å². The van der Waals surface area contributed by atoms with Crippen LogP contribution in [0, 0.1) is 6.92 Å². The number of rotatable bonds is 6. The van der Waals surface area contributed by atoms with Crippen molar-refractivity contribution in [1.82, 2.24) is 0 Å².